The number of benzene rings is 2. The number of nitrogens with zero attached hydrogens (tertiary/aromatic N) is 2. The first-order valence-corrected chi connectivity index (χ1v) is 11.3. The highest BCUT2D eigenvalue weighted by Gasteiger charge is 2.14. The van der Waals surface area contributed by atoms with Crippen molar-refractivity contribution in [3.05, 3.63) is 82.9 Å². The van der Waals surface area contributed by atoms with E-state index in [0.717, 1.165) is 43.1 Å². The molecule has 6 nitrogen and oxygen atoms in total. The fourth-order valence-corrected chi connectivity index (χ4v) is 4.15. The SMILES string of the molecule is O=C(/C=C/CN1CCCC1)c1ccc(Nc2ncc(C(=O)Nc3ccc(F)cc3F)s2)cc1. The Morgan fingerprint density at radius 2 is 1.85 bits per heavy atom. The summed E-state index contributed by atoms with van der Waals surface area (Å²) in [7, 11) is 0. The maximum Gasteiger partial charge on any atom is 0.267 e. The number of hydrogen-bond donors (Lipinski definition) is 2. The fraction of sp³-hybridized carbons (Fsp3) is 0.208. The molecule has 0 unspecified atom stereocenters. The number of nitrogens with one attached hydrogen (secondary N) is 2. The first kappa shape index (κ1) is 22.8. The average molecular weight is 469 g/mol. The zero-order valence-corrected chi connectivity index (χ0v) is 18.5. The third-order valence-electron chi connectivity index (χ3n) is 5.16. The molecule has 33 heavy (non-hydrogen) atoms. The second kappa shape index (κ2) is 10.5. The standard InChI is InChI=1S/C24H22F2N4O2S/c25-17-7-10-20(19(26)14-17)29-23(32)22-15-27-24(33-22)28-18-8-5-16(6-9-18)21(31)4-3-13-30-11-1-2-12-30/h3-10,14-15H,1-2,11-13H2,(H,27,28)(H,29,32)/b4-3+. The molecule has 4 rings (SSSR count). The lowest BCUT2D eigenvalue weighted by molar-refractivity contribution is 0.102. The molecule has 2 aromatic carbocycles. The highest BCUT2D eigenvalue weighted by molar-refractivity contribution is 7.17. The number of thiazole rings is 1. The molecule has 1 aromatic heterocycles. The highest BCUT2D eigenvalue weighted by Crippen LogP contribution is 2.24. The third kappa shape index (κ3) is 6.09. The summed E-state index contributed by atoms with van der Waals surface area (Å²) in [6.45, 7) is 2.96. The van der Waals surface area contributed by atoms with Gasteiger partial charge in [0.1, 0.15) is 16.5 Å². The van der Waals surface area contributed by atoms with Gasteiger partial charge in [-0.15, -0.1) is 0 Å². The fourth-order valence-electron chi connectivity index (χ4n) is 3.42. The van der Waals surface area contributed by atoms with Crippen molar-refractivity contribution in [1.29, 1.82) is 0 Å². The van der Waals surface area contributed by atoms with Crippen LogP contribution in [0.15, 0.2) is 60.8 Å². The number of amides is 1. The number of allylic oxidation sites excluding steroid dienone is 1. The van der Waals surface area contributed by atoms with Crippen LogP contribution >= 0.6 is 11.3 Å². The Labute approximate surface area is 194 Å². The van der Waals surface area contributed by atoms with E-state index in [4.69, 9.17) is 0 Å². The third-order valence-corrected chi connectivity index (χ3v) is 6.07. The highest BCUT2D eigenvalue weighted by atomic mass is 32.1. The minimum Gasteiger partial charge on any atom is -0.332 e. The Kier molecular flexibility index (Phi) is 7.21. The molecule has 1 saturated heterocycles. The number of hydrogen-bond acceptors (Lipinski definition) is 6. The zero-order chi connectivity index (χ0) is 23.2. The molecule has 0 atom stereocenters. The Hall–Kier alpha value is -3.43. The van der Waals surface area contributed by atoms with Crippen molar-refractivity contribution in [2.24, 2.45) is 0 Å². The van der Waals surface area contributed by atoms with Crippen molar-refractivity contribution in [2.45, 2.75) is 12.8 Å². The Balaban J connectivity index is 1.32. The van der Waals surface area contributed by atoms with E-state index in [0.29, 0.717) is 22.4 Å². The largest absolute Gasteiger partial charge is 0.332 e. The molecule has 0 aliphatic carbocycles. The first-order valence-electron chi connectivity index (χ1n) is 10.5. The summed E-state index contributed by atoms with van der Waals surface area (Å²) in [6, 6.07) is 9.90. The Morgan fingerprint density at radius 1 is 1.09 bits per heavy atom. The average Bonchev–Trinajstić information content (AvgIpc) is 3.48. The molecule has 2 N–H and O–H groups in total. The summed E-state index contributed by atoms with van der Waals surface area (Å²) in [5.41, 5.74) is 1.18. The molecule has 170 valence electrons. The summed E-state index contributed by atoms with van der Waals surface area (Å²) in [6.07, 6.45) is 7.31. The maximum absolute atomic E-state index is 13.7. The summed E-state index contributed by atoms with van der Waals surface area (Å²) in [5, 5.41) is 5.94. The van der Waals surface area contributed by atoms with E-state index in [1.807, 2.05) is 6.08 Å². The van der Waals surface area contributed by atoms with Crippen LogP contribution in [-0.4, -0.2) is 41.2 Å². The number of carbonyl (C=O) groups excluding carboxylic acids is 2. The smallest absolute Gasteiger partial charge is 0.267 e. The minimum atomic E-state index is -0.855. The van der Waals surface area contributed by atoms with E-state index in [1.165, 1.54) is 19.0 Å². The minimum absolute atomic E-state index is 0.0537. The number of halogens is 2. The first-order chi connectivity index (χ1) is 16.0. The van der Waals surface area contributed by atoms with Crippen LogP contribution in [0.1, 0.15) is 32.9 Å². The van der Waals surface area contributed by atoms with Crippen molar-refractivity contribution in [3.8, 4) is 0 Å². The summed E-state index contributed by atoms with van der Waals surface area (Å²) in [5.74, 6) is -2.18. The van der Waals surface area contributed by atoms with Crippen LogP contribution in [0, 0.1) is 11.6 Å². The van der Waals surface area contributed by atoms with Gasteiger partial charge in [0.25, 0.3) is 5.91 Å². The van der Waals surface area contributed by atoms with Crippen molar-refractivity contribution < 1.29 is 18.4 Å². The van der Waals surface area contributed by atoms with Gasteiger partial charge in [0.15, 0.2) is 10.9 Å². The van der Waals surface area contributed by atoms with Gasteiger partial charge in [-0.05, 0) is 68.4 Å². The van der Waals surface area contributed by atoms with Gasteiger partial charge in [-0.3, -0.25) is 14.5 Å². The molecule has 9 heteroatoms. The number of ketones is 1. The molecule has 1 fully saturated rings. The molecule has 1 aliphatic heterocycles. The van der Waals surface area contributed by atoms with Crippen molar-refractivity contribution in [2.75, 3.05) is 30.3 Å². The molecule has 0 bridgehead atoms. The van der Waals surface area contributed by atoms with Gasteiger partial charge in [-0.2, -0.15) is 0 Å². The van der Waals surface area contributed by atoms with Gasteiger partial charge in [0.2, 0.25) is 0 Å². The molecule has 1 aliphatic rings. The lowest BCUT2D eigenvalue weighted by Gasteiger charge is -2.10. The van der Waals surface area contributed by atoms with Crippen LogP contribution in [0.25, 0.3) is 0 Å². The second-order valence-corrected chi connectivity index (χ2v) is 8.62. The molecule has 1 amide bonds. The monoisotopic (exact) mass is 468 g/mol. The Morgan fingerprint density at radius 3 is 2.58 bits per heavy atom. The van der Waals surface area contributed by atoms with Crippen molar-refractivity contribution >= 4 is 39.5 Å². The summed E-state index contributed by atoms with van der Waals surface area (Å²) >= 11 is 1.08. The van der Waals surface area contributed by atoms with Gasteiger partial charge >= 0.3 is 0 Å². The number of likely N-dealkylation sites (tertiary alicyclic amines) is 1. The lowest BCUT2D eigenvalue weighted by atomic mass is 10.1. The molecule has 0 spiro atoms. The van der Waals surface area contributed by atoms with Gasteiger partial charge in [0, 0.05) is 23.9 Å². The van der Waals surface area contributed by atoms with E-state index < -0.39 is 17.5 Å². The van der Waals surface area contributed by atoms with Gasteiger partial charge < -0.3 is 10.6 Å². The molecule has 0 radical (unpaired) electrons. The number of anilines is 3. The Bertz CT molecular complexity index is 1170. The molecular formula is C24H22F2N4O2S. The van der Waals surface area contributed by atoms with Crippen LogP contribution in [-0.2, 0) is 0 Å². The molecule has 0 saturated carbocycles. The maximum atomic E-state index is 13.7. The van der Waals surface area contributed by atoms with Crippen LogP contribution < -0.4 is 10.6 Å². The van der Waals surface area contributed by atoms with Gasteiger partial charge in [-0.1, -0.05) is 17.4 Å². The van der Waals surface area contributed by atoms with Crippen LogP contribution in [0.2, 0.25) is 0 Å². The predicted octanol–water partition coefficient (Wildman–Crippen LogP) is 5.25. The lowest BCUT2D eigenvalue weighted by Crippen LogP contribution is -2.18. The molecule has 3 aromatic rings. The predicted molar refractivity (Wildman–Crippen MR) is 125 cm³/mol. The van der Waals surface area contributed by atoms with E-state index in [-0.39, 0.29) is 16.3 Å². The van der Waals surface area contributed by atoms with E-state index in [1.54, 1.807) is 30.3 Å². The molecular weight excluding hydrogens is 446 g/mol. The molecule has 2 heterocycles. The van der Waals surface area contributed by atoms with Crippen LogP contribution in [0.5, 0.6) is 0 Å². The van der Waals surface area contributed by atoms with E-state index in [2.05, 4.69) is 20.5 Å². The zero-order valence-electron chi connectivity index (χ0n) is 17.7. The van der Waals surface area contributed by atoms with E-state index in [9.17, 15) is 18.4 Å². The number of aromatic nitrogens is 1. The summed E-state index contributed by atoms with van der Waals surface area (Å²) in [4.78, 5) is 31.4. The van der Waals surface area contributed by atoms with Gasteiger partial charge in [-0.25, -0.2) is 13.8 Å². The second-order valence-electron chi connectivity index (χ2n) is 7.58. The van der Waals surface area contributed by atoms with Crippen molar-refractivity contribution in [3.63, 3.8) is 0 Å². The van der Waals surface area contributed by atoms with Crippen LogP contribution in [0.3, 0.4) is 0 Å². The number of rotatable bonds is 8. The topological polar surface area (TPSA) is 74.3 Å². The number of carbonyl (C=O) groups is 2. The normalized spacial score (nSPS) is 14.0. The summed E-state index contributed by atoms with van der Waals surface area (Å²) < 4.78 is 26.7. The van der Waals surface area contributed by atoms with Crippen molar-refractivity contribution in [1.82, 2.24) is 9.88 Å². The van der Waals surface area contributed by atoms with E-state index >= 15 is 0 Å². The van der Waals surface area contributed by atoms with Gasteiger partial charge in [0.05, 0.1) is 11.9 Å². The van der Waals surface area contributed by atoms with Crippen LogP contribution in [0.4, 0.5) is 25.3 Å². The quantitative estimate of drug-likeness (QED) is 0.349.